The normalized spacial score (nSPS) is 16.4. The van der Waals surface area contributed by atoms with E-state index >= 15 is 0 Å². The van der Waals surface area contributed by atoms with Crippen LogP contribution in [0.3, 0.4) is 0 Å². The van der Waals surface area contributed by atoms with Crippen LogP contribution in [0.4, 0.5) is 0 Å². The van der Waals surface area contributed by atoms with Gasteiger partial charge < -0.3 is 4.74 Å². The molecule has 0 fully saturated rings. The van der Waals surface area contributed by atoms with Crippen LogP contribution >= 0.6 is 11.5 Å². The van der Waals surface area contributed by atoms with Gasteiger partial charge in [-0.2, -0.15) is 0 Å². The first-order chi connectivity index (χ1) is 9.65. The van der Waals surface area contributed by atoms with Crippen molar-refractivity contribution < 1.29 is 9.53 Å². The summed E-state index contributed by atoms with van der Waals surface area (Å²) in [5.74, 6) is 1.06. The maximum Gasteiger partial charge on any atom is 0.196 e. The summed E-state index contributed by atoms with van der Waals surface area (Å²) >= 11 is 1.26. The number of rotatable bonds is 2. The molecule has 0 amide bonds. The van der Waals surface area contributed by atoms with Crippen LogP contribution < -0.4 is 4.74 Å². The largest absolute Gasteiger partial charge is 0.488 e. The van der Waals surface area contributed by atoms with Gasteiger partial charge in [0.15, 0.2) is 5.78 Å². The molecule has 3 rings (SSSR count). The molecule has 0 saturated heterocycles. The molecule has 2 aromatic rings. The van der Waals surface area contributed by atoms with Crippen molar-refractivity contribution in [2.24, 2.45) is 0 Å². The van der Waals surface area contributed by atoms with Crippen molar-refractivity contribution in [2.75, 3.05) is 6.61 Å². The Kier molecular flexibility index (Phi) is 3.36. The standard InChI is InChI=1S/C15H14N2O2S/c1-9(2)10-3-4-14-13(6-10)15(18)11(7-19-14)5-12-8-20-17-16-12/h3-6,8-9H,7H2,1-2H3. The van der Waals surface area contributed by atoms with Gasteiger partial charge in [-0.05, 0) is 41.2 Å². The molecule has 1 aromatic heterocycles. The molecule has 20 heavy (non-hydrogen) atoms. The predicted molar refractivity (Wildman–Crippen MR) is 78.2 cm³/mol. The lowest BCUT2D eigenvalue weighted by Gasteiger charge is -2.20. The first kappa shape index (κ1) is 13.0. The van der Waals surface area contributed by atoms with Crippen LogP contribution in [0.25, 0.3) is 6.08 Å². The van der Waals surface area contributed by atoms with E-state index < -0.39 is 0 Å². The van der Waals surface area contributed by atoms with Crippen LogP contribution in [0.2, 0.25) is 0 Å². The van der Waals surface area contributed by atoms with Crippen LogP contribution in [0.5, 0.6) is 5.75 Å². The van der Waals surface area contributed by atoms with Gasteiger partial charge in [0.2, 0.25) is 0 Å². The third-order valence-electron chi connectivity index (χ3n) is 3.29. The minimum Gasteiger partial charge on any atom is -0.488 e. The molecule has 0 bridgehead atoms. The van der Waals surface area contributed by atoms with Gasteiger partial charge in [0, 0.05) is 11.0 Å². The number of aromatic nitrogens is 2. The summed E-state index contributed by atoms with van der Waals surface area (Å²) in [6.07, 6.45) is 1.75. The van der Waals surface area contributed by atoms with Crippen LogP contribution in [-0.4, -0.2) is 22.0 Å². The summed E-state index contributed by atoms with van der Waals surface area (Å²) in [7, 11) is 0. The number of carbonyl (C=O) groups excluding carboxylic acids is 1. The Hall–Kier alpha value is -2.01. The van der Waals surface area contributed by atoms with E-state index in [1.54, 1.807) is 11.5 Å². The van der Waals surface area contributed by atoms with Gasteiger partial charge in [-0.15, -0.1) is 5.10 Å². The molecular weight excluding hydrogens is 272 g/mol. The Balaban J connectivity index is 1.99. The maximum absolute atomic E-state index is 12.5. The van der Waals surface area contributed by atoms with E-state index in [2.05, 4.69) is 23.4 Å². The molecule has 1 aromatic carbocycles. The van der Waals surface area contributed by atoms with Crippen molar-refractivity contribution in [3.8, 4) is 5.75 Å². The van der Waals surface area contributed by atoms with Crippen LogP contribution in [-0.2, 0) is 0 Å². The van der Waals surface area contributed by atoms with Gasteiger partial charge in [0.05, 0.1) is 11.3 Å². The molecule has 0 radical (unpaired) electrons. The molecule has 0 unspecified atom stereocenters. The number of hydrogen-bond donors (Lipinski definition) is 0. The summed E-state index contributed by atoms with van der Waals surface area (Å²) in [4.78, 5) is 12.5. The van der Waals surface area contributed by atoms with Gasteiger partial charge in [-0.1, -0.05) is 24.4 Å². The Morgan fingerprint density at radius 3 is 2.95 bits per heavy atom. The number of ketones is 1. The lowest BCUT2D eigenvalue weighted by atomic mass is 9.94. The number of benzene rings is 1. The highest BCUT2D eigenvalue weighted by Crippen LogP contribution is 2.30. The predicted octanol–water partition coefficient (Wildman–Crippen LogP) is 3.32. The lowest BCUT2D eigenvalue weighted by Crippen LogP contribution is -2.19. The number of hydrogen-bond acceptors (Lipinski definition) is 5. The lowest BCUT2D eigenvalue weighted by molar-refractivity contribution is 0.100. The smallest absolute Gasteiger partial charge is 0.196 e. The van der Waals surface area contributed by atoms with E-state index in [9.17, 15) is 4.79 Å². The number of Topliss-reactive ketones (excluding diaryl/α,β-unsaturated/α-hetero) is 1. The Labute approximate surface area is 121 Å². The van der Waals surface area contributed by atoms with E-state index in [0.717, 1.165) is 5.56 Å². The van der Waals surface area contributed by atoms with E-state index in [4.69, 9.17) is 4.74 Å². The molecule has 0 atom stereocenters. The fourth-order valence-corrected chi connectivity index (χ4v) is 2.54. The van der Waals surface area contributed by atoms with Gasteiger partial charge in [0.1, 0.15) is 12.4 Å². The molecule has 1 aliphatic rings. The molecule has 102 valence electrons. The fourth-order valence-electron chi connectivity index (χ4n) is 2.12. The van der Waals surface area contributed by atoms with E-state index in [0.29, 0.717) is 28.5 Å². The van der Waals surface area contributed by atoms with E-state index in [1.165, 1.54) is 11.5 Å². The average molecular weight is 286 g/mol. The Bertz CT molecular complexity index is 675. The highest BCUT2D eigenvalue weighted by molar-refractivity contribution is 7.03. The molecule has 4 nitrogen and oxygen atoms in total. The zero-order chi connectivity index (χ0) is 14.1. The minimum absolute atomic E-state index is 0.0155. The maximum atomic E-state index is 12.5. The first-order valence-corrected chi connectivity index (χ1v) is 7.28. The summed E-state index contributed by atoms with van der Waals surface area (Å²) in [5, 5.41) is 5.74. The topological polar surface area (TPSA) is 52.1 Å². The molecular formula is C15H14N2O2S. The second kappa shape index (κ2) is 5.17. The summed E-state index contributed by atoms with van der Waals surface area (Å²) < 4.78 is 9.45. The van der Waals surface area contributed by atoms with E-state index in [-0.39, 0.29) is 12.4 Å². The molecule has 0 saturated carbocycles. The molecule has 0 N–H and O–H groups in total. The number of carbonyl (C=O) groups is 1. The van der Waals surface area contributed by atoms with E-state index in [1.807, 2.05) is 18.2 Å². The SMILES string of the molecule is CC(C)c1ccc2c(c1)C(=O)C(=Cc1csnn1)CO2. The van der Waals surface area contributed by atoms with Crippen molar-refractivity contribution in [2.45, 2.75) is 19.8 Å². The highest BCUT2D eigenvalue weighted by Gasteiger charge is 2.24. The highest BCUT2D eigenvalue weighted by atomic mass is 32.1. The van der Waals surface area contributed by atoms with Crippen molar-refractivity contribution in [3.05, 3.63) is 46.0 Å². The minimum atomic E-state index is 0.0155. The second-order valence-corrected chi connectivity index (χ2v) is 5.64. The third-order valence-corrected chi connectivity index (χ3v) is 3.81. The summed E-state index contributed by atoms with van der Waals surface area (Å²) in [6, 6.07) is 5.81. The monoisotopic (exact) mass is 286 g/mol. The van der Waals surface area contributed by atoms with Crippen LogP contribution in [0.1, 0.15) is 41.4 Å². The molecule has 2 heterocycles. The Morgan fingerprint density at radius 2 is 2.25 bits per heavy atom. The average Bonchev–Trinajstić information content (AvgIpc) is 2.94. The van der Waals surface area contributed by atoms with Gasteiger partial charge in [-0.25, -0.2) is 0 Å². The second-order valence-electron chi connectivity index (χ2n) is 5.03. The van der Waals surface area contributed by atoms with Crippen LogP contribution in [0.15, 0.2) is 29.2 Å². The number of ether oxygens (including phenoxy) is 1. The fraction of sp³-hybridized carbons (Fsp3) is 0.267. The summed E-state index contributed by atoms with van der Waals surface area (Å²) in [6.45, 7) is 4.49. The zero-order valence-corrected chi connectivity index (χ0v) is 12.1. The van der Waals surface area contributed by atoms with Gasteiger partial charge >= 0.3 is 0 Å². The zero-order valence-electron chi connectivity index (χ0n) is 11.3. The molecule has 1 aliphatic heterocycles. The van der Waals surface area contributed by atoms with Crippen molar-refractivity contribution in [1.29, 1.82) is 0 Å². The van der Waals surface area contributed by atoms with Gasteiger partial charge in [0.25, 0.3) is 0 Å². The Morgan fingerprint density at radius 1 is 1.40 bits per heavy atom. The first-order valence-electron chi connectivity index (χ1n) is 6.44. The molecule has 0 aliphatic carbocycles. The molecule has 5 heteroatoms. The van der Waals surface area contributed by atoms with Gasteiger partial charge in [-0.3, -0.25) is 4.79 Å². The van der Waals surface area contributed by atoms with Crippen molar-refractivity contribution in [3.63, 3.8) is 0 Å². The van der Waals surface area contributed by atoms with Crippen molar-refractivity contribution in [1.82, 2.24) is 9.59 Å². The molecule has 0 spiro atoms. The van der Waals surface area contributed by atoms with Crippen LogP contribution in [0, 0.1) is 0 Å². The number of fused-ring (bicyclic) bond motifs is 1. The third kappa shape index (κ3) is 2.36. The van der Waals surface area contributed by atoms with Crippen molar-refractivity contribution >= 4 is 23.4 Å². The number of nitrogens with zero attached hydrogens (tertiary/aromatic N) is 2. The summed E-state index contributed by atoms with van der Waals surface area (Å²) in [5.41, 5.74) is 3.09. The quantitative estimate of drug-likeness (QED) is 0.795.